The molecule has 0 amide bonds. The van der Waals surface area contributed by atoms with Gasteiger partial charge in [0, 0.05) is 6.92 Å². The molecule has 0 spiro atoms. The lowest BCUT2D eigenvalue weighted by molar-refractivity contribution is -0.237. The zero-order chi connectivity index (χ0) is 20.6. The lowest BCUT2D eigenvalue weighted by atomic mass is 9.99. The van der Waals surface area contributed by atoms with Crippen molar-refractivity contribution in [3.05, 3.63) is 71.8 Å². The number of benzene rings is 2. The predicted molar refractivity (Wildman–Crippen MR) is 113 cm³/mol. The summed E-state index contributed by atoms with van der Waals surface area (Å²) >= 11 is 1.51. The van der Waals surface area contributed by atoms with Gasteiger partial charge in [-0.2, -0.15) is 0 Å². The van der Waals surface area contributed by atoms with E-state index in [1.807, 2.05) is 73.8 Å². The van der Waals surface area contributed by atoms with Crippen LogP contribution < -0.4 is 0 Å². The number of ether oxygens (including phenoxy) is 4. The van der Waals surface area contributed by atoms with Crippen LogP contribution >= 0.6 is 11.8 Å². The van der Waals surface area contributed by atoms with E-state index in [1.54, 1.807) is 0 Å². The third-order valence-electron chi connectivity index (χ3n) is 4.83. The second kappa shape index (κ2) is 10.8. The van der Waals surface area contributed by atoms with Gasteiger partial charge in [0.25, 0.3) is 0 Å². The monoisotopic (exact) mass is 416 g/mol. The smallest absolute Gasteiger partial charge is 0.303 e. The Bertz CT molecular complexity index is 754. The zero-order valence-corrected chi connectivity index (χ0v) is 17.8. The highest BCUT2D eigenvalue weighted by Gasteiger charge is 2.47. The fraction of sp³-hybridized carbons (Fsp3) is 0.435. The molecule has 0 unspecified atom stereocenters. The van der Waals surface area contributed by atoms with Gasteiger partial charge in [0.15, 0.2) is 6.10 Å². The molecule has 0 aliphatic carbocycles. The molecule has 6 heteroatoms. The molecule has 1 aliphatic heterocycles. The van der Waals surface area contributed by atoms with E-state index >= 15 is 0 Å². The van der Waals surface area contributed by atoms with Gasteiger partial charge in [-0.3, -0.25) is 4.79 Å². The Kier molecular flexibility index (Phi) is 8.12. The Hall–Kier alpha value is -1.86. The van der Waals surface area contributed by atoms with Gasteiger partial charge < -0.3 is 18.9 Å². The molecule has 0 saturated carbocycles. The van der Waals surface area contributed by atoms with Gasteiger partial charge in [-0.15, -0.1) is 11.8 Å². The molecule has 1 aliphatic rings. The molecule has 156 valence electrons. The molecule has 2 aromatic carbocycles. The van der Waals surface area contributed by atoms with E-state index in [0.29, 0.717) is 13.2 Å². The SMILES string of the molecule is CS[C@@H]1O[C@@H](C)[C@H](OCc2ccccc2)[C@@H](OCc2ccccc2)[C@H]1OC(C)=O. The average Bonchev–Trinajstić information content (AvgIpc) is 2.73. The number of esters is 1. The van der Waals surface area contributed by atoms with E-state index in [2.05, 4.69) is 0 Å². The van der Waals surface area contributed by atoms with Gasteiger partial charge >= 0.3 is 5.97 Å². The highest BCUT2D eigenvalue weighted by Crippen LogP contribution is 2.33. The van der Waals surface area contributed by atoms with Crippen LogP contribution in [0.15, 0.2) is 60.7 Å². The summed E-state index contributed by atoms with van der Waals surface area (Å²) in [6.45, 7) is 4.22. The topological polar surface area (TPSA) is 54.0 Å². The summed E-state index contributed by atoms with van der Waals surface area (Å²) in [4.78, 5) is 11.8. The summed E-state index contributed by atoms with van der Waals surface area (Å²) < 4.78 is 24.3. The fourth-order valence-electron chi connectivity index (χ4n) is 3.43. The third-order valence-corrected chi connectivity index (χ3v) is 5.68. The Morgan fingerprint density at radius 1 is 0.897 bits per heavy atom. The Morgan fingerprint density at radius 3 is 1.90 bits per heavy atom. The highest BCUT2D eigenvalue weighted by molar-refractivity contribution is 7.99. The summed E-state index contributed by atoms with van der Waals surface area (Å²) in [5.41, 5.74) is 1.81. The van der Waals surface area contributed by atoms with Gasteiger partial charge in [0.2, 0.25) is 0 Å². The van der Waals surface area contributed by atoms with E-state index in [0.717, 1.165) is 11.1 Å². The van der Waals surface area contributed by atoms with Gasteiger partial charge in [-0.1, -0.05) is 60.7 Å². The largest absolute Gasteiger partial charge is 0.456 e. The fourth-order valence-corrected chi connectivity index (χ4v) is 4.20. The molecule has 1 heterocycles. The lowest BCUT2D eigenvalue weighted by Gasteiger charge is -2.44. The van der Waals surface area contributed by atoms with Crippen molar-refractivity contribution >= 4 is 17.7 Å². The van der Waals surface area contributed by atoms with Crippen molar-refractivity contribution in [3.8, 4) is 0 Å². The van der Waals surface area contributed by atoms with Crippen LogP contribution in [0.3, 0.4) is 0 Å². The molecule has 1 fully saturated rings. The quantitative estimate of drug-likeness (QED) is 0.601. The van der Waals surface area contributed by atoms with Gasteiger partial charge in [0.1, 0.15) is 17.6 Å². The molecular weight excluding hydrogens is 388 g/mol. The number of carbonyl (C=O) groups excluding carboxylic acids is 1. The normalized spacial score (nSPS) is 26.8. The van der Waals surface area contributed by atoms with Crippen LogP contribution in [0.1, 0.15) is 25.0 Å². The molecule has 2 aromatic rings. The zero-order valence-electron chi connectivity index (χ0n) is 17.0. The first kappa shape index (κ1) is 21.8. The second-order valence-corrected chi connectivity index (χ2v) is 7.98. The molecular formula is C23H28O5S. The van der Waals surface area contributed by atoms with Gasteiger partial charge in [-0.05, 0) is 24.3 Å². The molecule has 1 saturated heterocycles. The first-order valence-electron chi connectivity index (χ1n) is 9.75. The lowest BCUT2D eigenvalue weighted by Crippen LogP contribution is -2.58. The van der Waals surface area contributed by atoms with Crippen molar-refractivity contribution in [1.29, 1.82) is 0 Å². The molecule has 5 atom stereocenters. The second-order valence-electron chi connectivity index (χ2n) is 7.04. The Morgan fingerprint density at radius 2 is 1.41 bits per heavy atom. The van der Waals surface area contributed by atoms with Crippen LogP contribution in [0.4, 0.5) is 0 Å². The Balaban J connectivity index is 1.79. The van der Waals surface area contributed by atoms with Gasteiger partial charge in [0.05, 0.1) is 19.3 Å². The maximum Gasteiger partial charge on any atom is 0.303 e. The van der Waals surface area contributed by atoms with Crippen LogP contribution in [0, 0.1) is 0 Å². The Labute approximate surface area is 176 Å². The molecule has 0 N–H and O–H groups in total. The minimum atomic E-state index is -0.553. The number of hydrogen-bond acceptors (Lipinski definition) is 6. The van der Waals surface area contributed by atoms with Crippen molar-refractivity contribution in [2.24, 2.45) is 0 Å². The van der Waals surface area contributed by atoms with Crippen molar-refractivity contribution in [3.63, 3.8) is 0 Å². The minimum absolute atomic E-state index is 0.205. The number of rotatable bonds is 8. The number of hydrogen-bond donors (Lipinski definition) is 0. The van der Waals surface area contributed by atoms with Crippen molar-refractivity contribution in [2.45, 2.75) is 56.9 Å². The average molecular weight is 417 g/mol. The summed E-state index contributed by atoms with van der Waals surface area (Å²) in [5, 5.41) is 0. The van der Waals surface area contributed by atoms with Crippen molar-refractivity contribution < 1.29 is 23.7 Å². The van der Waals surface area contributed by atoms with Crippen LogP contribution in [-0.4, -0.2) is 42.1 Å². The van der Waals surface area contributed by atoms with Crippen molar-refractivity contribution in [2.75, 3.05) is 6.26 Å². The molecule has 3 rings (SSSR count). The standard InChI is InChI=1S/C23H28O5S/c1-16-20(25-14-18-10-6-4-7-11-18)21(26-15-19-12-8-5-9-13-19)22(28-17(2)24)23(27-16)29-3/h4-13,16,20-23H,14-15H2,1-3H3/t16-,20-,21+,22+,23-/m0/s1. The van der Waals surface area contributed by atoms with Crippen LogP contribution in [0.25, 0.3) is 0 Å². The first-order valence-corrected chi connectivity index (χ1v) is 11.0. The van der Waals surface area contributed by atoms with Crippen LogP contribution in [0.2, 0.25) is 0 Å². The summed E-state index contributed by atoms with van der Waals surface area (Å²) in [7, 11) is 0. The van der Waals surface area contributed by atoms with E-state index in [1.165, 1.54) is 18.7 Å². The minimum Gasteiger partial charge on any atom is -0.456 e. The van der Waals surface area contributed by atoms with E-state index in [4.69, 9.17) is 18.9 Å². The van der Waals surface area contributed by atoms with E-state index in [-0.39, 0.29) is 23.6 Å². The number of thioether (sulfide) groups is 1. The summed E-state index contributed by atoms with van der Waals surface area (Å²) in [6.07, 6.45) is 0.371. The maximum absolute atomic E-state index is 11.8. The summed E-state index contributed by atoms with van der Waals surface area (Å²) in [5.74, 6) is -0.359. The van der Waals surface area contributed by atoms with E-state index < -0.39 is 12.2 Å². The molecule has 0 bridgehead atoms. The molecule has 0 radical (unpaired) electrons. The van der Waals surface area contributed by atoms with Gasteiger partial charge in [-0.25, -0.2) is 0 Å². The summed E-state index contributed by atoms with van der Waals surface area (Å²) in [6, 6.07) is 19.9. The predicted octanol–water partition coefficient (Wildman–Crippen LogP) is 4.20. The third kappa shape index (κ3) is 6.06. The molecule has 5 nitrogen and oxygen atoms in total. The van der Waals surface area contributed by atoms with Crippen LogP contribution in [-0.2, 0) is 37.0 Å². The molecule has 0 aromatic heterocycles. The number of carbonyl (C=O) groups is 1. The van der Waals surface area contributed by atoms with E-state index in [9.17, 15) is 4.79 Å². The highest BCUT2D eigenvalue weighted by atomic mass is 32.2. The van der Waals surface area contributed by atoms with Crippen molar-refractivity contribution in [1.82, 2.24) is 0 Å². The molecule has 29 heavy (non-hydrogen) atoms. The maximum atomic E-state index is 11.8. The first-order chi connectivity index (χ1) is 14.1. The van der Waals surface area contributed by atoms with Crippen LogP contribution in [0.5, 0.6) is 0 Å².